The first-order chi connectivity index (χ1) is 15.5. The zero-order chi connectivity index (χ0) is 22.9. The van der Waals surface area contributed by atoms with Gasteiger partial charge in [-0.15, -0.1) is 24.0 Å². The average Bonchev–Trinajstić information content (AvgIpc) is 3.30. The van der Waals surface area contributed by atoms with E-state index in [4.69, 9.17) is 0 Å². The van der Waals surface area contributed by atoms with Gasteiger partial charge in [0.2, 0.25) is 5.91 Å². The molecule has 2 amide bonds. The molecule has 0 radical (unpaired) electrons. The molecule has 1 aliphatic carbocycles. The molecule has 0 bridgehead atoms. The third-order valence-electron chi connectivity index (χ3n) is 6.66. The zero-order valence-electron chi connectivity index (χ0n) is 20.2. The molecule has 0 aromatic heterocycles. The number of aliphatic imine (C=N–C) groups is 1. The van der Waals surface area contributed by atoms with Crippen LogP contribution in [0.25, 0.3) is 0 Å². The van der Waals surface area contributed by atoms with E-state index in [2.05, 4.69) is 27.9 Å². The lowest BCUT2D eigenvalue weighted by Gasteiger charge is -2.26. The Kier molecular flexibility index (Phi) is 11.4. The highest BCUT2D eigenvalue weighted by atomic mass is 127. The van der Waals surface area contributed by atoms with E-state index in [9.17, 15) is 9.59 Å². The van der Waals surface area contributed by atoms with Gasteiger partial charge in [-0.25, -0.2) is 0 Å². The molecule has 2 aliphatic rings. The second-order valence-electron chi connectivity index (χ2n) is 9.16. The van der Waals surface area contributed by atoms with Crippen LogP contribution in [-0.2, 0) is 11.3 Å². The molecule has 1 saturated carbocycles. The van der Waals surface area contributed by atoms with Gasteiger partial charge in [0.25, 0.3) is 5.91 Å². The van der Waals surface area contributed by atoms with Crippen molar-refractivity contribution in [1.82, 2.24) is 20.9 Å². The monoisotopic (exact) mass is 569 g/mol. The summed E-state index contributed by atoms with van der Waals surface area (Å²) >= 11 is 0. The zero-order valence-corrected chi connectivity index (χ0v) is 22.6. The van der Waals surface area contributed by atoms with Crippen molar-refractivity contribution in [3.8, 4) is 0 Å². The SMILES string of the molecule is CCC(C)NC(=O)c1cccc(CNC(=NC)NC2CCN(C(=O)C3CCCCC3)C2)c1.I. The molecule has 3 rings (SSSR count). The summed E-state index contributed by atoms with van der Waals surface area (Å²) in [6.07, 6.45) is 7.56. The number of carbonyl (C=O) groups is 2. The molecular formula is C25H40IN5O2. The molecule has 0 spiro atoms. The van der Waals surface area contributed by atoms with Crippen LogP contribution in [0.4, 0.5) is 0 Å². The van der Waals surface area contributed by atoms with Gasteiger partial charge in [0.1, 0.15) is 0 Å². The third kappa shape index (κ3) is 8.15. The highest BCUT2D eigenvalue weighted by Crippen LogP contribution is 2.26. The van der Waals surface area contributed by atoms with Crippen LogP contribution in [0, 0.1) is 5.92 Å². The van der Waals surface area contributed by atoms with Gasteiger partial charge >= 0.3 is 0 Å². The maximum absolute atomic E-state index is 12.8. The fourth-order valence-electron chi connectivity index (χ4n) is 4.49. The van der Waals surface area contributed by atoms with Gasteiger partial charge < -0.3 is 20.9 Å². The summed E-state index contributed by atoms with van der Waals surface area (Å²) < 4.78 is 0. The third-order valence-corrected chi connectivity index (χ3v) is 6.66. The Labute approximate surface area is 215 Å². The van der Waals surface area contributed by atoms with Crippen LogP contribution in [0.5, 0.6) is 0 Å². The fourth-order valence-corrected chi connectivity index (χ4v) is 4.49. The molecular weight excluding hydrogens is 529 g/mol. The van der Waals surface area contributed by atoms with Gasteiger partial charge in [-0.3, -0.25) is 14.6 Å². The van der Waals surface area contributed by atoms with E-state index in [0.717, 1.165) is 50.3 Å². The Morgan fingerprint density at radius 3 is 2.64 bits per heavy atom. The summed E-state index contributed by atoms with van der Waals surface area (Å²) in [5.41, 5.74) is 1.69. The first-order valence-electron chi connectivity index (χ1n) is 12.2. The van der Waals surface area contributed by atoms with E-state index in [0.29, 0.717) is 18.0 Å². The Morgan fingerprint density at radius 1 is 1.18 bits per heavy atom. The average molecular weight is 570 g/mol. The van der Waals surface area contributed by atoms with Crippen molar-refractivity contribution in [2.24, 2.45) is 10.9 Å². The molecule has 1 aromatic carbocycles. The second kappa shape index (κ2) is 13.8. The van der Waals surface area contributed by atoms with Crippen molar-refractivity contribution < 1.29 is 9.59 Å². The maximum atomic E-state index is 12.8. The van der Waals surface area contributed by atoms with E-state index in [1.165, 1.54) is 19.3 Å². The number of benzene rings is 1. The van der Waals surface area contributed by atoms with Crippen LogP contribution in [0.2, 0.25) is 0 Å². The normalized spacial score (nSPS) is 20.0. The van der Waals surface area contributed by atoms with Crippen molar-refractivity contribution in [3.05, 3.63) is 35.4 Å². The lowest BCUT2D eigenvalue weighted by atomic mass is 9.88. The Bertz CT molecular complexity index is 810. The number of likely N-dealkylation sites (tertiary alicyclic amines) is 1. The molecule has 1 heterocycles. The van der Waals surface area contributed by atoms with E-state index < -0.39 is 0 Å². The fraction of sp³-hybridized carbons (Fsp3) is 0.640. The van der Waals surface area contributed by atoms with Gasteiger partial charge in [0.05, 0.1) is 0 Å². The lowest BCUT2D eigenvalue weighted by molar-refractivity contribution is -0.135. The molecule has 2 fully saturated rings. The Balaban J connectivity index is 0.00000385. The minimum absolute atomic E-state index is 0. The summed E-state index contributed by atoms with van der Waals surface area (Å²) in [6, 6.07) is 8.03. The maximum Gasteiger partial charge on any atom is 0.251 e. The molecule has 1 saturated heterocycles. The van der Waals surface area contributed by atoms with Crippen LogP contribution in [0.3, 0.4) is 0 Å². The summed E-state index contributed by atoms with van der Waals surface area (Å²) in [5.74, 6) is 1.24. The quantitative estimate of drug-likeness (QED) is 0.266. The molecule has 3 N–H and O–H groups in total. The number of nitrogens with zero attached hydrogens (tertiary/aromatic N) is 2. The van der Waals surface area contributed by atoms with Crippen LogP contribution in [0.15, 0.2) is 29.3 Å². The highest BCUT2D eigenvalue weighted by molar-refractivity contribution is 14.0. The number of guanidine groups is 1. The van der Waals surface area contributed by atoms with E-state index in [1.54, 1.807) is 7.05 Å². The number of hydrogen-bond donors (Lipinski definition) is 3. The first-order valence-corrected chi connectivity index (χ1v) is 12.2. The minimum Gasteiger partial charge on any atom is -0.352 e. The van der Waals surface area contributed by atoms with Crippen LogP contribution in [0.1, 0.15) is 74.7 Å². The number of rotatable bonds is 7. The summed E-state index contributed by atoms with van der Waals surface area (Å²) in [4.78, 5) is 31.6. The van der Waals surface area contributed by atoms with Crippen LogP contribution < -0.4 is 16.0 Å². The number of amides is 2. The number of nitrogens with one attached hydrogen (secondary N) is 3. The molecule has 2 unspecified atom stereocenters. The molecule has 184 valence electrons. The predicted octanol–water partition coefficient (Wildman–Crippen LogP) is 3.68. The number of carbonyl (C=O) groups excluding carboxylic acids is 2. The van der Waals surface area contributed by atoms with Crippen molar-refractivity contribution in [1.29, 1.82) is 0 Å². The van der Waals surface area contributed by atoms with Crippen molar-refractivity contribution in [2.45, 2.75) is 77.4 Å². The molecule has 7 nitrogen and oxygen atoms in total. The lowest BCUT2D eigenvalue weighted by Crippen LogP contribution is -2.45. The minimum atomic E-state index is -0.0441. The number of halogens is 1. The summed E-state index contributed by atoms with van der Waals surface area (Å²) in [6.45, 7) is 6.19. The van der Waals surface area contributed by atoms with Crippen molar-refractivity contribution in [2.75, 3.05) is 20.1 Å². The van der Waals surface area contributed by atoms with Crippen LogP contribution >= 0.6 is 24.0 Å². The van der Waals surface area contributed by atoms with Gasteiger partial charge in [0, 0.05) is 50.2 Å². The summed E-state index contributed by atoms with van der Waals surface area (Å²) in [5, 5.41) is 9.81. The van der Waals surface area contributed by atoms with E-state index in [1.807, 2.05) is 36.1 Å². The van der Waals surface area contributed by atoms with Crippen molar-refractivity contribution >= 4 is 41.8 Å². The van der Waals surface area contributed by atoms with Gasteiger partial charge in [-0.05, 0) is 50.3 Å². The van der Waals surface area contributed by atoms with E-state index in [-0.39, 0.29) is 47.9 Å². The first kappa shape index (κ1) is 27.4. The summed E-state index contributed by atoms with van der Waals surface area (Å²) in [7, 11) is 1.76. The molecule has 8 heteroatoms. The molecule has 33 heavy (non-hydrogen) atoms. The molecule has 1 aliphatic heterocycles. The smallest absolute Gasteiger partial charge is 0.251 e. The van der Waals surface area contributed by atoms with Crippen molar-refractivity contribution in [3.63, 3.8) is 0 Å². The Morgan fingerprint density at radius 2 is 1.94 bits per heavy atom. The predicted molar refractivity (Wildman–Crippen MR) is 144 cm³/mol. The standard InChI is InChI=1S/C25H39N5O2.HI/c1-4-18(2)28-23(31)21-12-8-9-19(15-21)16-27-25(26-3)29-22-13-14-30(17-22)24(32)20-10-6-5-7-11-20;/h8-9,12,15,18,20,22H,4-7,10-11,13-14,16-17H2,1-3H3,(H,28,31)(H2,26,27,29);1H. The van der Waals surface area contributed by atoms with Gasteiger partial charge in [-0.1, -0.05) is 38.3 Å². The van der Waals surface area contributed by atoms with Gasteiger partial charge in [-0.2, -0.15) is 0 Å². The largest absolute Gasteiger partial charge is 0.352 e. The molecule has 2 atom stereocenters. The number of hydrogen-bond acceptors (Lipinski definition) is 3. The van der Waals surface area contributed by atoms with Crippen LogP contribution in [-0.4, -0.2) is 54.9 Å². The second-order valence-corrected chi connectivity index (χ2v) is 9.16. The van der Waals surface area contributed by atoms with E-state index >= 15 is 0 Å². The highest BCUT2D eigenvalue weighted by Gasteiger charge is 2.31. The van der Waals surface area contributed by atoms with Gasteiger partial charge in [0.15, 0.2) is 5.96 Å². The Hall–Kier alpha value is -1.84. The topological polar surface area (TPSA) is 85.8 Å². The molecule has 1 aromatic rings.